The lowest BCUT2D eigenvalue weighted by Crippen LogP contribution is -2.24. The van der Waals surface area contributed by atoms with Gasteiger partial charge in [-0.1, -0.05) is 24.3 Å². The highest BCUT2D eigenvalue weighted by Gasteiger charge is 2.12. The minimum atomic E-state index is -3.36. The van der Waals surface area contributed by atoms with Gasteiger partial charge in [-0.3, -0.25) is 0 Å². The van der Waals surface area contributed by atoms with Crippen LogP contribution in [0.5, 0.6) is 0 Å². The first-order valence-corrected chi connectivity index (χ1v) is 9.12. The summed E-state index contributed by atoms with van der Waals surface area (Å²) in [7, 11) is -1.50. The molecule has 1 heterocycles. The van der Waals surface area contributed by atoms with Crippen LogP contribution >= 0.6 is 11.3 Å². The van der Waals surface area contributed by atoms with Crippen LogP contribution in [0.3, 0.4) is 0 Å². The van der Waals surface area contributed by atoms with Gasteiger partial charge in [-0.25, -0.2) is 18.1 Å². The lowest BCUT2D eigenvalue weighted by molar-refractivity contribution is 0.580. The van der Waals surface area contributed by atoms with Crippen LogP contribution in [-0.4, -0.2) is 20.4 Å². The molecule has 1 aromatic carbocycles. The molecule has 2 N–H and O–H groups in total. The standard InChI is InChI=1S/C14H19N3O2S2/c1-11-9-20-14(17-11)8-16-21(18,19)10-13-5-3-4-12(6-13)7-15-2/h3-6,9,15-16H,7-8,10H2,1-2H3. The predicted molar refractivity (Wildman–Crippen MR) is 85.5 cm³/mol. The van der Waals surface area contributed by atoms with Gasteiger partial charge in [0.25, 0.3) is 0 Å². The highest BCUT2D eigenvalue weighted by Crippen LogP contribution is 2.11. The number of sulfonamides is 1. The molecule has 0 aliphatic rings. The smallest absolute Gasteiger partial charge is 0.216 e. The normalized spacial score (nSPS) is 11.7. The van der Waals surface area contributed by atoms with E-state index in [1.165, 1.54) is 11.3 Å². The van der Waals surface area contributed by atoms with Gasteiger partial charge in [0, 0.05) is 17.6 Å². The summed E-state index contributed by atoms with van der Waals surface area (Å²) in [5, 5.41) is 5.74. The first kappa shape index (κ1) is 16.1. The van der Waals surface area contributed by atoms with E-state index in [0.717, 1.165) is 28.4 Å². The maximum Gasteiger partial charge on any atom is 0.216 e. The van der Waals surface area contributed by atoms with Gasteiger partial charge in [-0.05, 0) is 25.1 Å². The Bertz CT molecular complexity index is 696. The molecular formula is C14H19N3O2S2. The zero-order valence-corrected chi connectivity index (χ0v) is 13.7. The summed E-state index contributed by atoms with van der Waals surface area (Å²) < 4.78 is 26.8. The molecule has 0 aliphatic heterocycles. The third kappa shape index (κ3) is 5.20. The maximum absolute atomic E-state index is 12.1. The molecule has 0 spiro atoms. The van der Waals surface area contributed by atoms with Gasteiger partial charge in [0.05, 0.1) is 12.3 Å². The van der Waals surface area contributed by atoms with Crippen molar-refractivity contribution in [3.63, 3.8) is 0 Å². The number of hydrogen-bond acceptors (Lipinski definition) is 5. The van der Waals surface area contributed by atoms with E-state index in [9.17, 15) is 8.42 Å². The van der Waals surface area contributed by atoms with Gasteiger partial charge < -0.3 is 5.32 Å². The van der Waals surface area contributed by atoms with E-state index in [4.69, 9.17) is 0 Å². The number of hydrogen-bond donors (Lipinski definition) is 2. The molecule has 0 saturated carbocycles. The Kier molecular flexibility index (Phi) is 5.46. The molecule has 0 aliphatic carbocycles. The van der Waals surface area contributed by atoms with Crippen molar-refractivity contribution in [1.82, 2.24) is 15.0 Å². The van der Waals surface area contributed by atoms with E-state index in [2.05, 4.69) is 15.0 Å². The Morgan fingerprint density at radius 3 is 2.67 bits per heavy atom. The Labute approximate surface area is 129 Å². The summed E-state index contributed by atoms with van der Waals surface area (Å²) in [6.07, 6.45) is 0. The van der Waals surface area contributed by atoms with Gasteiger partial charge in [-0.2, -0.15) is 0 Å². The third-order valence-corrected chi connectivity index (χ3v) is 5.10. The van der Waals surface area contributed by atoms with E-state index in [-0.39, 0.29) is 12.3 Å². The van der Waals surface area contributed by atoms with Crippen LogP contribution in [0.25, 0.3) is 0 Å². The summed E-state index contributed by atoms with van der Waals surface area (Å²) in [4.78, 5) is 4.24. The summed E-state index contributed by atoms with van der Waals surface area (Å²) in [6, 6.07) is 7.58. The fraction of sp³-hybridized carbons (Fsp3) is 0.357. The molecule has 2 aromatic rings. The number of rotatable bonds is 7. The second-order valence-electron chi connectivity index (χ2n) is 4.81. The molecule has 1 aromatic heterocycles. The van der Waals surface area contributed by atoms with E-state index in [1.54, 1.807) is 0 Å². The summed E-state index contributed by atoms with van der Waals surface area (Å²) >= 11 is 1.46. The second kappa shape index (κ2) is 7.13. The molecule has 5 nitrogen and oxygen atoms in total. The molecule has 0 radical (unpaired) electrons. The van der Waals surface area contributed by atoms with Gasteiger partial charge >= 0.3 is 0 Å². The van der Waals surface area contributed by atoms with Crippen molar-refractivity contribution in [3.8, 4) is 0 Å². The first-order chi connectivity index (χ1) is 9.98. The van der Waals surface area contributed by atoms with Gasteiger partial charge in [-0.15, -0.1) is 11.3 Å². The minimum Gasteiger partial charge on any atom is -0.316 e. The SMILES string of the molecule is CNCc1cccc(CS(=O)(=O)NCc2nc(C)cs2)c1. The van der Waals surface area contributed by atoms with Crippen molar-refractivity contribution < 1.29 is 8.42 Å². The van der Waals surface area contributed by atoms with Crippen molar-refractivity contribution in [2.75, 3.05) is 7.05 Å². The zero-order valence-electron chi connectivity index (χ0n) is 12.1. The van der Waals surface area contributed by atoms with Crippen molar-refractivity contribution in [1.29, 1.82) is 0 Å². The highest BCUT2D eigenvalue weighted by molar-refractivity contribution is 7.88. The minimum absolute atomic E-state index is 0.0189. The fourth-order valence-corrected chi connectivity index (χ4v) is 3.84. The number of aromatic nitrogens is 1. The number of nitrogens with zero attached hydrogens (tertiary/aromatic N) is 1. The molecule has 114 valence electrons. The molecule has 0 amide bonds. The van der Waals surface area contributed by atoms with Gasteiger partial charge in [0.2, 0.25) is 10.0 Å². The quantitative estimate of drug-likeness (QED) is 0.814. The van der Waals surface area contributed by atoms with E-state index in [0.29, 0.717) is 0 Å². The van der Waals surface area contributed by atoms with Crippen molar-refractivity contribution in [3.05, 3.63) is 51.5 Å². The van der Waals surface area contributed by atoms with Crippen LogP contribution in [0.2, 0.25) is 0 Å². The molecule has 0 unspecified atom stereocenters. The monoisotopic (exact) mass is 325 g/mol. The Morgan fingerprint density at radius 1 is 1.24 bits per heavy atom. The topological polar surface area (TPSA) is 71.1 Å². The molecule has 0 bridgehead atoms. The van der Waals surface area contributed by atoms with Gasteiger partial charge in [0.1, 0.15) is 5.01 Å². The lowest BCUT2D eigenvalue weighted by atomic mass is 10.1. The summed E-state index contributed by atoms with van der Waals surface area (Å²) in [6.45, 7) is 2.86. The molecule has 2 rings (SSSR count). The average Bonchev–Trinajstić information content (AvgIpc) is 2.83. The predicted octanol–water partition coefficient (Wildman–Crippen LogP) is 1.79. The highest BCUT2D eigenvalue weighted by atomic mass is 32.2. The summed E-state index contributed by atoms with van der Waals surface area (Å²) in [5.41, 5.74) is 2.76. The molecule has 0 saturated heterocycles. The fourth-order valence-electron chi connectivity index (χ4n) is 1.96. The zero-order chi connectivity index (χ0) is 15.3. The van der Waals surface area contributed by atoms with E-state index >= 15 is 0 Å². The van der Waals surface area contributed by atoms with Crippen LogP contribution < -0.4 is 10.0 Å². The lowest BCUT2D eigenvalue weighted by Gasteiger charge is -2.07. The Hall–Kier alpha value is -1.28. The third-order valence-electron chi connectivity index (χ3n) is 2.84. The number of aryl methyl sites for hydroxylation is 1. The molecule has 21 heavy (non-hydrogen) atoms. The molecular weight excluding hydrogens is 306 g/mol. The van der Waals surface area contributed by atoms with Crippen molar-refractivity contribution >= 4 is 21.4 Å². The van der Waals surface area contributed by atoms with Crippen molar-refractivity contribution in [2.24, 2.45) is 0 Å². The number of benzene rings is 1. The van der Waals surface area contributed by atoms with E-state index in [1.807, 2.05) is 43.6 Å². The van der Waals surface area contributed by atoms with Crippen molar-refractivity contribution in [2.45, 2.75) is 25.8 Å². The molecule has 7 heteroatoms. The van der Waals surface area contributed by atoms with Gasteiger partial charge in [0.15, 0.2) is 0 Å². The van der Waals surface area contributed by atoms with Crippen LogP contribution in [-0.2, 0) is 28.9 Å². The largest absolute Gasteiger partial charge is 0.316 e. The summed E-state index contributed by atoms with van der Waals surface area (Å²) in [5.74, 6) is -0.0189. The average molecular weight is 325 g/mol. The molecule has 0 atom stereocenters. The number of thiazole rings is 1. The first-order valence-electron chi connectivity index (χ1n) is 6.59. The van der Waals surface area contributed by atoms with Crippen LogP contribution in [0.15, 0.2) is 29.6 Å². The molecule has 0 fully saturated rings. The second-order valence-corrected chi connectivity index (χ2v) is 7.56. The van der Waals surface area contributed by atoms with Crippen LogP contribution in [0.4, 0.5) is 0 Å². The van der Waals surface area contributed by atoms with E-state index < -0.39 is 10.0 Å². The number of nitrogens with one attached hydrogen (secondary N) is 2. The Morgan fingerprint density at radius 2 is 2.00 bits per heavy atom. The maximum atomic E-state index is 12.1. The van der Waals surface area contributed by atoms with Crippen LogP contribution in [0.1, 0.15) is 21.8 Å². The van der Waals surface area contributed by atoms with Crippen LogP contribution in [0, 0.1) is 6.92 Å². The Balaban J connectivity index is 1.98.